The Labute approximate surface area is 114 Å². The molecule has 0 saturated heterocycles. The van der Waals surface area contributed by atoms with Crippen molar-refractivity contribution in [2.45, 2.75) is 64.8 Å². The molecule has 0 aliphatic heterocycles. The van der Waals surface area contributed by atoms with Crippen molar-refractivity contribution in [3.63, 3.8) is 0 Å². The summed E-state index contributed by atoms with van der Waals surface area (Å²) >= 11 is 0. The zero-order valence-corrected chi connectivity index (χ0v) is 11.9. The maximum Gasteiger partial charge on any atom is 0.308 e. The summed E-state index contributed by atoms with van der Waals surface area (Å²) in [7, 11) is 0. The molecule has 1 aliphatic carbocycles. The fourth-order valence-corrected chi connectivity index (χ4v) is 3.08. The van der Waals surface area contributed by atoms with Crippen LogP contribution in [0.3, 0.4) is 0 Å². The van der Waals surface area contributed by atoms with Crippen molar-refractivity contribution >= 4 is 5.97 Å². The summed E-state index contributed by atoms with van der Waals surface area (Å²) in [6.07, 6.45) is 6.82. The van der Waals surface area contributed by atoms with Gasteiger partial charge in [0.2, 0.25) is 0 Å². The number of aromatic nitrogens is 2. The van der Waals surface area contributed by atoms with Gasteiger partial charge in [0.05, 0.1) is 17.7 Å². The van der Waals surface area contributed by atoms with Crippen LogP contribution in [0.2, 0.25) is 0 Å². The minimum atomic E-state index is -0.664. The average Bonchev–Trinajstić information content (AvgIpc) is 2.66. The number of carboxylic acids is 1. The van der Waals surface area contributed by atoms with Gasteiger partial charge >= 0.3 is 5.97 Å². The third-order valence-electron chi connectivity index (χ3n) is 4.20. The fourth-order valence-electron chi connectivity index (χ4n) is 3.08. The smallest absolute Gasteiger partial charge is 0.308 e. The number of nitrogens with zero attached hydrogens (tertiary/aromatic N) is 2. The van der Waals surface area contributed by atoms with Crippen LogP contribution >= 0.6 is 0 Å². The first-order chi connectivity index (χ1) is 9.17. The van der Waals surface area contributed by atoms with Crippen molar-refractivity contribution in [3.8, 4) is 0 Å². The number of rotatable bonds is 4. The molecule has 1 aromatic heterocycles. The molecule has 1 N–H and O–H groups in total. The first kappa shape index (κ1) is 14.1. The molecule has 1 saturated carbocycles. The summed E-state index contributed by atoms with van der Waals surface area (Å²) in [5, 5.41) is 14.1. The molecule has 2 unspecified atom stereocenters. The van der Waals surface area contributed by atoms with E-state index in [1.807, 2.05) is 4.68 Å². The summed E-state index contributed by atoms with van der Waals surface area (Å²) in [5.41, 5.74) is 2.25. The molecule has 19 heavy (non-hydrogen) atoms. The Morgan fingerprint density at radius 3 is 2.68 bits per heavy atom. The van der Waals surface area contributed by atoms with Crippen LogP contribution in [-0.2, 0) is 17.6 Å². The molecule has 1 heterocycles. The molecule has 4 heteroatoms. The summed E-state index contributed by atoms with van der Waals surface area (Å²) in [6.45, 7) is 4.20. The quantitative estimate of drug-likeness (QED) is 0.849. The maximum absolute atomic E-state index is 11.5. The summed E-state index contributed by atoms with van der Waals surface area (Å²) in [4.78, 5) is 11.5. The number of aryl methyl sites for hydroxylation is 2. The van der Waals surface area contributed by atoms with Crippen LogP contribution in [0.4, 0.5) is 0 Å². The molecule has 1 aliphatic rings. The van der Waals surface area contributed by atoms with Crippen molar-refractivity contribution in [1.29, 1.82) is 0 Å². The molecule has 0 aromatic carbocycles. The minimum absolute atomic E-state index is 0.0373. The Balaban J connectivity index is 2.34. The highest BCUT2D eigenvalue weighted by Crippen LogP contribution is 2.33. The van der Waals surface area contributed by atoms with E-state index >= 15 is 0 Å². The highest BCUT2D eigenvalue weighted by molar-refractivity contribution is 5.70. The fraction of sp³-hybridized carbons (Fsp3) is 0.733. The number of hydrogen-bond donors (Lipinski definition) is 1. The Kier molecular flexibility index (Phi) is 4.61. The second kappa shape index (κ2) is 6.22. The average molecular weight is 264 g/mol. The van der Waals surface area contributed by atoms with E-state index < -0.39 is 5.97 Å². The summed E-state index contributed by atoms with van der Waals surface area (Å²) in [5.74, 6) is -0.945. The molecule has 0 radical (unpaired) electrons. The van der Waals surface area contributed by atoms with Gasteiger partial charge in [-0.15, -0.1) is 0 Å². The van der Waals surface area contributed by atoms with Gasteiger partial charge in [-0.05, 0) is 31.7 Å². The molecule has 0 spiro atoms. The van der Waals surface area contributed by atoms with Crippen LogP contribution in [0, 0.1) is 5.92 Å². The van der Waals surface area contributed by atoms with Crippen LogP contribution in [0.15, 0.2) is 6.07 Å². The van der Waals surface area contributed by atoms with Gasteiger partial charge < -0.3 is 5.11 Å². The Morgan fingerprint density at radius 1 is 1.32 bits per heavy atom. The monoisotopic (exact) mass is 264 g/mol. The van der Waals surface area contributed by atoms with Gasteiger partial charge in [-0.3, -0.25) is 9.48 Å². The number of carboxylic acid groups (broad SMARTS) is 1. The second-order valence-electron chi connectivity index (χ2n) is 5.43. The topological polar surface area (TPSA) is 55.1 Å². The molecule has 1 aromatic rings. The minimum Gasteiger partial charge on any atom is -0.481 e. The van der Waals surface area contributed by atoms with Crippen LogP contribution < -0.4 is 0 Å². The second-order valence-corrected chi connectivity index (χ2v) is 5.43. The van der Waals surface area contributed by atoms with E-state index in [-0.39, 0.29) is 12.0 Å². The van der Waals surface area contributed by atoms with Crippen molar-refractivity contribution in [2.75, 3.05) is 0 Å². The van der Waals surface area contributed by atoms with Gasteiger partial charge in [-0.2, -0.15) is 5.10 Å². The van der Waals surface area contributed by atoms with Crippen LogP contribution in [-0.4, -0.2) is 20.9 Å². The van der Waals surface area contributed by atoms with E-state index in [0.29, 0.717) is 0 Å². The highest BCUT2D eigenvalue weighted by Gasteiger charge is 2.32. The third-order valence-corrected chi connectivity index (χ3v) is 4.20. The SMILES string of the molecule is CCc1cc(CC)n(C2CCCCCC2C(=O)O)n1. The maximum atomic E-state index is 11.5. The molecule has 4 nitrogen and oxygen atoms in total. The van der Waals surface area contributed by atoms with Gasteiger partial charge in [0, 0.05) is 5.69 Å². The molecule has 106 valence electrons. The normalized spacial score (nSPS) is 24.1. The molecular formula is C15H24N2O2. The van der Waals surface area contributed by atoms with Gasteiger partial charge in [0.25, 0.3) is 0 Å². The predicted octanol–water partition coefficient (Wildman–Crippen LogP) is 3.21. The molecule has 1 fully saturated rings. The van der Waals surface area contributed by atoms with Crippen molar-refractivity contribution in [3.05, 3.63) is 17.5 Å². The van der Waals surface area contributed by atoms with E-state index in [0.717, 1.165) is 50.6 Å². The van der Waals surface area contributed by atoms with E-state index in [4.69, 9.17) is 0 Å². The number of aliphatic carboxylic acids is 1. The first-order valence-corrected chi connectivity index (χ1v) is 7.47. The molecular weight excluding hydrogens is 240 g/mol. The number of carbonyl (C=O) groups is 1. The van der Waals surface area contributed by atoms with E-state index in [1.165, 1.54) is 5.69 Å². The third kappa shape index (κ3) is 2.99. The lowest BCUT2D eigenvalue weighted by atomic mass is 9.95. The summed E-state index contributed by atoms with van der Waals surface area (Å²) in [6, 6.07) is 2.17. The van der Waals surface area contributed by atoms with Crippen LogP contribution in [0.1, 0.15) is 63.4 Å². The predicted molar refractivity (Wildman–Crippen MR) is 74.2 cm³/mol. The largest absolute Gasteiger partial charge is 0.481 e. The molecule has 0 bridgehead atoms. The Morgan fingerprint density at radius 2 is 2.05 bits per heavy atom. The molecule has 0 amide bonds. The zero-order chi connectivity index (χ0) is 13.8. The lowest BCUT2D eigenvalue weighted by Gasteiger charge is -2.24. The van der Waals surface area contributed by atoms with Gasteiger partial charge in [0.1, 0.15) is 0 Å². The lowest BCUT2D eigenvalue weighted by molar-refractivity contribution is -0.143. The Hall–Kier alpha value is -1.32. The lowest BCUT2D eigenvalue weighted by Crippen LogP contribution is -2.27. The zero-order valence-electron chi connectivity index (χ0n) is 11.9. The number of hydrogen-bond acceptors (Lipinski definition) is 2. The Bertz CT molecular complexity index is 439. The van der Waals surface area contributed by atoms with Crippen molar-refractivity contribution in [2.24, 2.45) is 5.92 Å². The molecule has 2 rings (SSSR count). The molecule has 2 atom stereocenters. The van der Waals surface area contributed by atoms with Gasteiger partial charge in [-0.25, -0.2) is 0 Å². The summed E-state index contributed by atoms with van der Waals surface area (Å²) < 4.78 is 2.02. The first-order valence-electron chi connectivity index (χ1n) is 7.47. The van der Waals surface area contributed by atoms with Crippen molar-refractivity contribution < 1.29 is 9.90 Å². The van der Waals surface area contributed by atoms with Gasteiger partial charge in [-0.1, -0.05) is 33.1 Å². The van der Waals surface area contributed by atoms with Gasteiger partial charge in [0.15, 0.2) is 0 Å². The van der Waals surface area contributed by atoms with E-state index in [1.54, 1.807) is 0 Å². The van der Waals surface area contributed by atoms with Crippen LogP contribution in [0.5, 0.6) is 0 Å². The van der Waals surface area contributed by atoms with E-state index in [2.05, 4.69) is 25.0 Å². The van der Waals surface area contributed by atoms with E-state index in [9.17, 15) is 9.90 Å². The van der Waals surface area contributed by atoms with Crippen molar-refractivity contribution in [1.82, 2.24) is 9.78 Å². The van der Waals surface area contributed by atoms with Crippen LogP contribution in [0.25, 0.3) is 0 Å². The highest BCUT2D eigenvalue weighted by atomic mass is 16.4. The standard InChI is InChI=1S/C15H24N2O2/c1-3-11-10-12(4-2)17(16-11)14-9-7-5-6-8-13(14)15(18)19/h10,13-14H,3-9H2,1-2H3,(H,18,19).